The summed E-state index contributed by atoms with van der Waals surface area (Å²) >= 11 is 0. The van der Waals surface area contributed by atoms with Crippen LogP contribution in [0.1, 0.15) is 29.2 Å². The maximum atomic E-state index is 10.1. The van der Waals surface area contributed by atoms with E-state index in [9.17, 15) is 5.11 Å². The molecule has 2 aromatic rings. The van der Waals surface area contributed by atoms with Crippen molar-refractivity contribution in [2.75, 3.05) is 0 Å². The molecule has 0 saturated carbocycles. The maximum Gasteiger partial charge on any atom is 0.0793 e. The Morgan fingerprint density at radius 3 is 2.24 bits per heavy atom. The highest BCUT2D eigenvalue weighted by Crippen LogP contribution is 2.19. The summed E-state index contributed by atoms with van der Waals surface area (Å²) in [6.07, 6.45) is 1.32. The third kappa shape index (κ3) is 3.43. The number of benzene rings is 2. The van der Waals surface area contributed by atoms with Crippen molar-refractivity contribution in [2.24, 2.45) is 0 Å². The molecule has 17 heavy (non-hydrogen) atoms. The zero-order valence-electron chi connectivity index (χ0n) is 10.1. The molecule has 2 aromatic carbocycles. The molecule has 0 aliphatic heterocycles. The minimum absolute atomic E-state index is 0.365. The molecule has 0 spiro atoms. The normalized spacial score (nSPS) is 12.4. The van der Waals surface area contributed by atoms with Crippen LogP contribution in [0.15, 0.2) is 54.6 Å². The Kier molecular flexibility index (Phi) is 3.94. The van der Waals surface area contributed by atoms with Gasteiger partial charge in [-0.2, -0.15) is 0 Å². The third-order valence-corrected chi connectivity index (χ3v) is 3.01. The van der Waals surface area contributed by atoms with Crippen LogP contribution in [0.2, 0.25) is 0 Å². The van der Waals surface area contributed by atoms with Crippen LogP contribution in [0.25, 0.3) is 0 Å². The summed E-state index contributed by atoms with van der Waals surface area (Å²) in [5.41, 5.74) is 3.51. The van der Waals surface area contributed by atoms with Crippen molar-refractivity contribution in [3.63, 3.8) is 0 Å². The van der Waals surface area contributed by atoms with E-state index in [1.165, 1.54) is 11.1 Å². The zero-order valence-corrected chi connectivity index (χ0v) is 10.1. The maximum absolute atomic E-state index is 10.1. The Morgan fingerprint density at radius 1 is 0.941 bits per heavy atom. The van der Waals surface area contributed by atoms with Gasteiger partial charge in [0.15, 0.2) is 0 Å². The monoisotopic (exact) mass is 226 g/mol. The van der Waals surface area contributed by atoms with Crippen LogP contribution in [-0.2, 0) is 6.42 Å². The van der Waals surface area contributed by atoms with Crippen molar-refractivity contribution < 1.29 is 5.11 Å². The van der Waals surface area contributed by atoms with E-state index in [1.54, 1.807) is 0 Å². The quantitative estimate of drug-likeness (QED) is 0.843. The molecule has 0 bridgehead atoms. The van der Waals surface area contributed by atoms with Gasteiger partial charge in [0.1, 0.15) is 0 Å². The predicted octanol–water partition coefficient (Wildman–Crippen LogP) is 3.66. The van der Waals surface area contributed by atoms with Crippen molar-refractivity contribution in [2.45, 2.75) is 25.9 Å². The molecule has 1 N–H and O–H groups in total. The molecule has 1 heteroatoms. The smallest absolute Gasteiger partial charge is 0.0793 e. The molecule has 0 fully saturated rings. The molecule has 0 aliphatic rings. The fraction of sp³-hybridized carbons (Fsp3) is 0.250. The van der Waals surface area contributed by atoms with Gasteiger partial charge in [-0.25, -0.2) is 0 Å². The summed E-state index contributed by atoms with van der Waals surface area (Å²) in [7, 11) is 0. The van der Waals surface area contributed by atoms with E-state index in [-0.39, 0.29) is 6.10 Å². The van der Waals surface area contributed by atoms with Crippen molar-refractivity contribution in [3.8, 4) is 0 Å². The molecule has 0 saturated heterocycles. The lowest BCUT2D eigenvalue weighted by atomic mass is 10.0. The van der Waals surface area contributed by atoms with Gasteiger partial charge in [0.05, 0.1) is 6.10 Å². The molecule has 1 atom stereocenters. The number of hydrogen-bond acceptors (Lipinski definition) is 1. The Balaban J connectivity index is 1.93. The predicted molar refractivity (Wildman–Crippen MR) is 70.9 cm³/mol. The van der Waals surface area contributed by atoms with Crippen LogP contribution in [0.5, 0.6) is 0 Å². The Morgan fingerprint density at radius 2 is 1.59 bits per heavy atom. The number of aliphatic hydroxyl groups is 1. The molecule has 0 aromatic heterocycles. The fourth-order valence-electron chi connectivity index (χ4n) is 1.90. The first-order chi connectivity index (χ1) is 8.25. The fourth-order valence-corrected chi connectivity index (χ4v) is 1.90. The molecule has 0 amide bonds. The van der Waals surface area contributed by atoms with Gasteiger partial charge in [0.2, 0.25) is 0 Å². The van der Waals surface area contributed by atoms with Crippen LogP contribution >= 0.6 is 0 Å². The molecule has 0 aliphatic carbocycles. The number of rotatable bonds is 4. The van der Waals surface area contributed by atoms with E-state index in [4.69, 9.17) is 0 Å². The first kappa shape index (κ1) is 11.9. The molecule has 0 heterocycles. The minimum atomic E-state index is -0.365. The largest absolute Gasteiger partial charge is 0.388 e. The van der Waals surface area contributed by atoms with Gasteiger partial charge in [0, 0.05) is 0 Å². The molecule has 2 rings (SSSR count). The lowest BCUT2D eigenvalue weighted by molar-refractivity contribution is 0.168. The van der Waals surface area contributed by atoms with Crippen LogP contribution in [0, 0.1) is 6.92 Å². The Hall–Kier alpha value is -1.60. The summed E-state index contributed by atoms with van der Waals surface area (Å²) in [5.74, 6) is 0. The molecule has 1 nitrogen and oxygen atoms in total. The first-order valence-electron chi connectivity index (χ1n) is 6.04. The topological polar surface area (TPSA) is 20.2 Å². The highest BCUT2D eigenvalue weighted by molar-refractivity contribution is 5.23. The summed E-state index contributed by atoms with van der Waals surface area (Å²) in [6, 6.07) is 18.4. The van der Waals surface area contributed by atoms with Gasteiger partial charge in [0.25, 0.3) is 0 Å². The molecular weight excluding hydrogens is 208 g/mol. The van der Waals surface area contributed by atoms with Crippen molar-refractivity contribution in [3.05, 3.63) is 71.3 Å². The highest BCUT2D eigenvalue weighted by Gasteiger charge is 2.06. The minimum Gasteiger partial charge on any atom is -0.388 e. The van der Waals surface area contributed by atoms with Crippen molar-refractivity contribution in [1.29, 1.82) is 0 Å². The van der Waals surface area contributed by atoms with E-state index in [1.807, 2.05) is 42.5 Å². The van der Waals surface area contributed by atoms with E-state index in [0.29, 0.717) is 0 Å². The number of aryl methyl sites for hydroxylation is 2. The number of hydrogen-bond donors (Lipinski definition) is 1. The van der Waals surface area contributed by atoms with Crippen LogP contribution < -0.4 is 0 Å². The lowest BCUT2D eigenvalue weighted by Gasteiger charge is -2.11. The molecule has 1 unspecified atom stereocenters. The second kappa shape index (κ2) is 5.65. The molecular formula is C16H18O. The summed E-state index contributed by atoms with van der Waals surface area (Å²) in [6.45, 7) is 2.06. The van der Waals surface area contributed by atoms with E-state index < -0.39 is 0 Å². The molecule has 88 valence electrons. The zero-order chi connectivity index (χ0) is 12.1. The highest BCUT2D eigenvalue weighted by atomic mass is 16.3. The Bertz CT molecular complexity index is 445. The van der Waals surface area contributed by atoms with Gasteiger partial charge in [-0.3, -0.25) is 0 Å². The van der Waals surface area contributed by atoms with E-state index >= 15 is 0 Å². The average molecular weight is 226 g/mol. The van der Waals surface area contributed by atoms with Gasteiger partial charge >= 0.3 is 0 Å². The van der Waals surface area contributed by atoms with E-state index in [0.717, 1.165) is 18.4 Å². The van der Waals surface area contributed by atoms with Gasteiger partial charge < -0.3 is 5.11 Å². The molecule has 0 radical (unpaired) electrons. The van der Waals surface area contributed by atoms with Crippen molar-refractivity contribution >= 4 is 0 Å². The summed E-state index contributed by atoms with van der Waals surface area (Å²) in [4.78, 5) is 0. The van der Waals surface area contributed by atoms with Crippen LogP contribution in [0.3, 0.4) is 0 Å². The van der Waals surface area contributed by atoms with Gasteiger partial charge in [-0.05, 0) is 30.9 Å². The van der Waals surface area contributed by atoms with E-state index in [2.05, 4.69) is 19.1 Å². The van der Waals surface area contributed by atoms with Crippen molar-refractivity contribution in [1.82, 2.24) is 0 Å². The standard InChI is InChI=1S/C16H18O/c1-13-7-10-15(11-8-13)16(17)12-9-14-5-3-2-4-6-14/h2-8,10-11,16-17H,9,12H2,1H3. The SMILES string of the molecule is Cc1ccc(C(O)CCc2ccccc2)cc1. The summed E-state index contributed by atoms with van der Waals surface area (Å²) < 4.78 is 0. The van der Waals surface area contributed by atoms with Crippen LogP contribution in [-0.4, -0.2) is 5.11 Å². The van der Waals surface area contributed by atoms with Gasteiger partial charge in [-0.15, -0.1) is 0 Å². The lowest BCUT2D eigenvalue weighted by Crippen LogP contribution is -1.99. The average Bonchev–Trinajstić information content (AvgIpc) is 2.38. The van der Waals surface area contributed by atoms with Gasteiger partial charge in [-0.1, -0.05) is 60.2 Å². The first-order valence-corrected chi connectivity index (χ1v) is 6.04. The third-order valence-electron chi connectivity index (χ3n) is 3.01. The van der Waals surface area contributed by atoms with Crippen LogP contribution in [0.4, 0.5) is 0 Å². The number of aliphatic hydroxyl groups excluding tert-OH is 1. The summed E-state index contributed by atoms with van der Waals surface area (Å²) in [5, 5.41) is 10.1. The Labute approximate surface area is 103 Å². The second-order valence-electron chi connectivity index (χ2n) is 4.45. The second-order valence-corrected chi connectivity index (χ2v) is 4.45.